The van der Waals surface area contributed by atoms with Crippen molar-refractivity contribution in [3.05, 3.63) is 70.5 Å². The predicted molar refractivity (Wildman–Crippen MR) is 97.2 cm³/mol. The van der Waals surface area contributed by atoms with Crippen molar-refractivity contribution in [3.8, 4) is 5.75 Å². The highest BCUT2D eigenvalue weighted by Gasteiger charge is 2.17. The summed E-state index contributed by atoms with van der Waals surface area (Å²) in [5.41, 5.74) is -0.257. The fourth-order valence-corrected chi connectivity index (χ4v) is 2.58. The van der Waals surface area contributed by atoms with Gasteiger partial charge < -0.3 is 15.2 Å². The van der Waals surface area contributed by atoms with Gasteiger partial charge >= 0.3 is 12.0 Å². The van der Waals surface area contributed by atoms with Crippen LogP contribution in [0.4, 0.5) is 10.5 Å². The number of carbonyl (C=O) groups excluding carboxylic acids is 1. The summed E-state index contributed by atoms with van der Waals surface area (Å²) in [4.78, 5) is 36.3. The number of hydrogen-bond acceptors (Lipinski definition) is 4. The largest absolute Gasteiger partial charge is 0.494 e. The van der Waals surface area contributed by atoms with Gasteiger partial charge in [-0.3, -0.25) is 9.36 Å². The van der Waals surface area contributed by atoms with Gasteiger partial charge in [0.25, 0.3) is 0 Å². The first kappa shape index (κ1) is 17.2. The van der Waals surface area contributed by atoms with Crippen molar-refractivity contribution in [3.63, 3.8) is 0 Å². The van der Waals surface area contributed by atoms with Gasteiger partial charge in [0, 0.05) is 17.3 Å². The van der Waals surface area contributed by atoms with Crippen LogP contribution >= 0.6 is 0 Å². The molecule has 0 aliphatic carbocycles. The Bertz CT molecular complexity index is 1040. The van der Waals surface area contributed by atoms with E-state index in [-0.39, 0.29) is 5.39 Å². The Morgan fingerprint density at radius 1 is 1.12 bits per heavy atom. The number of pyridine rings is 1. The summed E-state index contributed by atoms with van der Waals surface area (Å²) in [6.07, 6.45) is 1.04. The van der Waals surface area contributed by atoms with Crippen LogP contribution < -0.4 is 15.5 Å². The number of amides is 1. The minimum atomic E-state index is -1.39. The highest BCUT2D eigenvalue weighted by atomic mass is 16.5. The van der Waals surface area contributed by atoms with E-state index in [0.29, 0.717) is 23.6 Å². The van der Waals surface area contributed by atoms with Gasteiger partial charge in [-0.15, -0.1) is 0 Å². The summed E-state index contributed by atoms with van der Waals surface area (Å²) < 4.78 is 6.47. The van der Waals surface area contributed by atoms with Crippen LogP contribution in [-0.4, -0.2) is 28.3 Å². The Kier molecular flexibility index (Phi) is 4.70. The second-order valence-corrected chi connectivity index (χ2v) is 5.45. The number of aromatic nitrogens is 1. The summed E-state index contributed by atoms with van der Waals surface area (Å²) in [6.45, 7) is 2.41. The van der Waals surface area contributed by atoms with Crippen molar-refractivity contribution < 1.29 is 19.4 Å². The van der Waals surface area contributed by atoms with E-state index in [1.54, 1.807) is 42.5 Å². The molecule has 1 amide bonds. The lowest BCUT2D eigenvalue weighted by Crippen LogP contribution is -2.25. The normalized spacial score (nSPS) is 10.5. The number of nitrogens with one attached hydrogen (secondary N) is 1. The lowest BCUT2D eigenvalue weighted by Gasteiger charge is -2.12. The molecule has 3 aromatic rings. The van der Waals surface area contributed by atoms with Crippen LogP contribution in [0.25, 0.3) is 10.9 Å². The third-order valence-electron chi connectivity index (χ3n) is 3.78. The number of carboxylic acid groups (broad SMARTS) is 1. The summed E-state index contributed by atoms with van der Waals surface area (Å²) in [5.74, 6) is -0.712. The molecule has 0 radical (unpaired) electrons. The maximum absolute atomic E-state index is 12.7. The Morgan fingerprint density at radius 3 is 2.46 bits per heavy atom. The van der Waals surface area contributed by atoms with Gasteiger partial charge in [0.15, 0.2) is 0 Å². The van der Waals surface area contributed by atoms with Gasteiger partial charge in [0.05, 0.1) is 12.1 Å². The molecular formula is C19H16N2O5. The summed E-state index contributed by atoms with van der Waals surface area (Å²) in [6, 6.07) is 12.6. The van der Waals surface area contributed by atoms with Gasteiger partial charge in [-0.2, -0.15) is 0 Å². The molecule has 7 nitrogen and oxygen atoms in total. The fraction of sp³-hybridized carbons (Fsp3) is 0.105. The second kappa shape index (κ2) is 7.10. The van der Waals surface area contributed by atoms with Gasteiger partial charge in [-0.25, -0.2) is 9.59 Å². The first-order valence-corrected chi connectivity index (χ1v) is 7.93. The number of carbonyl (C=O) groups is 2. The smallest absolute Gasteiger partial charge is 0.341 e. The number of carboxylic acids is 1. The minimum Gasteiger partial charge on any atom is -0.494 e. The number of hydrogen-bond donors (Lipinski definition) is 2. The molecule has 0 fully saturated rings. The fourth-order valence-electron chi connectivity index (χ4n) is 2.58. The van der Waals surface area contributed by atoms with E-state index < -0.39 is 23.0 Å². The molecule has 1 heterocycles. The zero-order valence-corrected chi connectivity index (χ0v) is 13.9. The van der Waals surface area contributed by atoms with E-state index in [1.807, 2.05) is 6.92 Å². The molecule has 0 unspecified atom stereocenters. The third-order valence-corrected chi connectivity index (χ3v) is 3.78. The molecule has 0 saturated carbocycles. The molecule has 0 aliphatic rings. The average molecular weight is 352 g/mol. The quantitative estimate of drug-likeness (QED) is 0.751. The van der Waals surface area contributed by atoms with Crippen molar-refractivity contribution in [1.82, 2.24) is 4.57 Å². The summed E-state index contributed by atoms with van der Waals surface area (Å²) in [7, 11) is 0. The Labute approximate surface area is 148 Å². The minimum absolute atomic E-state index is 0.161. The number of aromatic carboxylic acids is 1. The van der Waals surface area contributed by atoms with Crippen LogP contribution in [0.3, 0.4) is 0 Å². The zero-order valence-electron chi connectivity index (χ0n) is 13.9. The molecule has 2 N–H and O–H groups in total. The molecule has 0 aliphatic heterocycles. The molecule has 0 spiro atoms. The maximum atomic E-state index is 12.7. The molecule has 2 aromatic carbocycles. The lowest BCUT2D eigenvalue weighted by molar-refractivity contribution is 0.0695. The number of ether oxygens (including phenoxy) is 1. The Morgan fingerprint density at radius 2 is 1.81 bits per heavy atom. The van der Waals surface area contributed by atoms with E-state index >= 15 is 0 Å². The number of rotatable bonds is 4. The standard InChI is InChI=1S/C19H16N2O5/c1-2-26-13-9-7-12(8-10-13)20-19(25)21-11-15(18(23)24)17(22)14-5-3-4-6-16(14)21/h3-11H,2H2,1H3,(H,20,25)(H,23,24). The van der Waals surface area contributed by atoms with Crippen molar-refractivity contribution in [2.75, 3.05) is 11.9 Å². The number of para-hydroxylation sites is 1. The van der Waals surface area contributed by atoms with E-state index in [9.17, 15) is 19.5 Å². The predicted octanol–water partition coefficient (Wildman–Crippen LogP) is 3.18. The van der Waals surface area contributed by atoms with E-state index in [1.165, 1.54) is 6.07 Å². The summed E-state index contributed by atoms with van der Waals surface area (Å²) >= 11 is 0. The van der Waals surface area contributed by atoms with Gasteiger partial charge in [0.2, 0.25) is 5.43 Å². The molecule has 0 atom stereocenters. The topological polar surface area (TPSA) is 97.6 Å². The van der Waals surface area contributed by atoms with Gasteiger partial charge in [-0.05, 0) is 43.3 Å². The van der Waals surface area contributed by atoms with Gasteiger partial charge in [-0.1, -0.05) is 12.1 Å². The monoisotopic (exact) mass is 352 g/mol. The molecule has 1 aromatic heterocycles. The van der Waals surface area contributed by atoms with E-state index in [2.05, 4.69) is 5.32 Å². The van der Waals surface area contributed by atoms with Crippen LogP contribution in [-0.2, 0) is 0 Å². The number of nitrogens with zero attached hydrogens (tertiary/aromatic N) is 1. The van der Waals surface area contributed by atoms with Crippen molar-refractivity contribution in [2.24, 2.45) is 0 Å². The maximum Gasteiger partial charge on any atom is 0.341 e. The molecule has 26 heavy (non-hydrogen) atoms. The third kappa shape index (κ3) is 3.27. The molecule has 0 saturated heterocycles. The highest BCUT2D eigenvalue weighted by molar-refractivity contribution is 6.00. The number of fused-ring (bicyclic) bond motifs is 1. The van der Waals surface area contributed by atoms with Crippen molar-refractivity contribution in [1.29, 1.82) is 0 Å². The highest BCUT2D eigenvalue weighted by Crippen LogP contribution is 2.17. The molecule has 0 bridgehead atoms. The lowest BCUT2D eigenvalue weighted by atomic mass is 10.1. The first-order chi connectivity index (χ1) is 12.5. The molecule has 7 heteroatoms. The van der Waals surface area contributed by atoms with Crippen LogP contribution in [0.15, 0.2) is 59.5 Å². The number of anilines is 1. The van der Waals surface area contributed by atoms with Crippen LogP contribution in [0.5, 0.6) is 5.75 Å². The van der Waals surface area contributed by atoms with Crippen molar-refractivity contribution >= 4 is 28.6 Å². The van der Waals surface area contributed by atoms with Crippen LogP contribution in [0.1, 0.15) is 17.3 Å². The Hall–Kier alpha value is -3.61. The zero-order chi connectivity index (χ0) is 18.7. The molecular weight excluding hydrogens is 336 g/mol. The molecule has 3 rings (SSSR count). The second-order valence-electron chi connectivity index (χ2n) is 5.45. The number of benzene rings is 2. The van der Waals surface area contributed by atoms with Crippen LogP contribution in [0, 0.1) is 0 Å². The SMILES string of the molecule is CCOc1ccc(NC(=O)n2cc(C(=O)O)c(=O)c3ccccc32)cc1. The average Bonchev–Trinajstić information content (AvgIpc) is 2.63. The summed E-state index contributed by atoms with van der Waals surface area (Å²) in [5, 5.41) is 12.1. The van der Waals surface area contributed by atoms with Crippen molar-refractivity contribution in [2.45, 2.75) is 6.92 Å². The van der Waals surface area contributed by atoms with E-state index in [4.69, 9.17) is 4.74 Å². The Balaban J connectivity index is 2.01. The first-order valence-electron chi connectivity index (χ1n) is 7.93. The van der Waals surface area contributed by atoms with Gasteiger partial charge in [0.1, 0.15) is 11.3 Å². The van der Waals surface area contributed by atoms with Crippen LogP contribution in [0.2, 0.25) is 0 Å². The molecule has 132 valence electrons. The van der Waals surface area contributed by atoms with E-state index in [0.717, 1.165) is 10.8 Å².